The average molecular weight is 755 g/mol. The lowest BCUT2D eigenvalue weighted by molar-refractivity contribution is 0.103. The molecule has 0 heterocycles. The van der Waals surface area contributed by atoms with Gasteiger partial charge < -0.3 is 0 Å². The molecule has 7 heteroatoms. The third-order valence-electron chi connectivity index (χ3n) is 6.60. The van der Waals surface area contributed by atoms with Crippen molar-refractivity contribution in [3.63, 3.8) is 0 Å². The van der Waals surface area contributed by atoms with Crippen LogP contribution in [-0.2, 0) is 10.8 Å². The highest BCUT2D eigenvalue weighted by atomic mass is 79.9. The molecule has 0 amide bonds. The first-order valence-electron chi connectivity index (χ1n) is 13.9. The van der Waals surface area contributed by atoms with Crippen molar-refractivity contribution in [2.24, 2.45) is 0 Å². The monoisotopic (exact) mass is 752 g/mol. The van der Waals surface area contributed by atoms with E-state index in [1.165, 1.54) is 4.90 Å². The second kappa shape index (κ2) is 15.9. The third kappa shape index (κ3) is 9.08. The normalized spacial score (nSPS) is 11.2. The molecule has 0 bridgehead atoms. The number of carbonyl (C=O) groups excluding carboxylic acids is 2. The van der Waals surface area contributed by atoms with Gasteiger partial charge in [0.05, 0.1) is 10.8 Å². The molecule has 3 nitrogen and oxygen atoms in total. The third-order valence-corrected chi connectivity index (χ3v) is 10.1. The number of ketones is 2. The number of benzene rings is 6. The van der Waals surface area contributed by atoms with Crippen molar-refractivity contribution in [2.45, 2.75) is 19.6 Å². The Kier molecular flexibility index (Phi) is 11.5. The van der Waals surface area contributed by atoms with Gasteiger partial charge >= 0.3 is 0 Å². The fourth-order valence-corrected chi connectivity index (χ4v) is 6.67. The molecule has 6 rings (SSSR count). The Hall–Kier alpha value is -3.88. The molecule has 0 N–H and O–H groups in total. The molecule has 0 aliphatic heterocycles. The molecule has 222 valence electrons. The first-order chi connectivity index (χ1) is 21.9. The van der Waals surface area contributed by atoms with Crippen LogP contribution in [0.4, 0.5) is 0 Å². The van der Waals surface area contributed by atoms with E-state index in [2.05, 4.69) is 44.0 Å². The second-order valence-corrected chi connectivity index (χ2v) is 14.2. The summed E-state index contributed by atoms with van der Waals surface area (Å²) in [6.07, 6.45) is 0. The van der Waals surface area contributed by atoms with Gasteiger partial charge in [0.15, 0.2) is 11.6 Å². The number of carbonyl (C=O) groups is 2. The molecule has 1 unspecified atom stereocenters. The lowest BCUT2D eigenvalue weighted by Gasteiger charge is -2.05. The van der Waals surface area contributed by atoms with E-state index in [-0.39, 0.29) is 11.6 Å². The Labute approximate surface area is 286 Å². The van der Waals surface area contributed by atoms with Gasteiger partial charge in [-0.1, -0.05) is 80.0 Å². The fraction of sp³-hybridized carbons (Fsp3) is 0. The topological polar surface area (TPSA) is 51.2 Å². The number of hydrogen-bond acceptors (Lipinski definition) is 4. The zero-order chi connectivity index (χ0) is 31.6. The highest BCUT2D eigenvalue weighted by molar-refractivity contribution is 9.10. The highest BCUT2D eigenvalue weighted by Crippen LogP contribution is 2.28. The van der Waals surface area contributed by atoms with Crippen LogP contribution in [0.25, 0.3) is 0 Å². The summed E-state index contributed by atoms with van der Waals surface area (Å²) in [5, 5.41) is 0. The van der Waals surface area contributed by atoms with Gasteiger partial charge in [0, 0.05) is 50.8 Å². The molecule has 0 spiro atoms. The van der Waals surface area contributed by atoms with E-state index in [1.54, 1.807) is 48.2 Å². The van der Waals surface area contributed by atoms with Gasteiger partial charge in [-0.3, -0.25) is 9.59 Å². The molecule has 6 aromatic carbocycles. The first kappa shape index (κ1) is 32.5. The second-order valence-electron chi connectivity index (χ2n) is 9.72. The van der Waals surface area contributed by atoms with Crippen LogP contribution in [-0.4, -0.2) is 15.8 Å². The number of rotatable bonds is 8. The van der Waals surface area contributed by atoms with Crippen molar-refractivity contribution in [1.82, 2.24) is 0 Å². The average Bonchev–Trinajstić information content (AvgIpc) is 3.09. The minimum atomic E-state index is -1.23. The molecular formula is C38H26Br2O3S2. The molecule has 0 aromatic heterocycles. The standard InChI is InChI=1S/C19H13BrO2S.C19H13BrOS/c20-16-10-6-14(7-11-16)19(21)15-8-12-18(13-9-15)23(22)17-4-2-1-3-5-17;20-16-10-6-14(7-11-16)19(21)15-8-12-18(13-9-15)22-17-4-2-1-3-5-17/h1-13H;1-13H. The summed E-state index contributed by atoms with van der Waals surface area (Å²) < 4.78 is 14.4. The lowest BCUT2D eigenvalue weighted by Crippen LogP contribution is -2.01. The van der Waals surface area contributed by atoms with Crippen LogP contribution in [0, 0.1) is 0 Å². The van der Waals surface area contributed by atoms with Crippen molar-refractivity contribution < 1.29 is 13.8 Å². The minimum absolute atomic E-state index is 0.0451. The lowest BCUT2D eigenvalue weighted by atomic mass is 10.0. The van der Waals surface area contributed by atoms with Gasteiger partial charge in [-0.15, -0.1) is 0 Å². The Balaban J connectivity index is 0.000000178. The Bertz CT molecular complexity index is 1890. The Morgan fingerprint density at radius 1 is 0.422 bits per heavy atom. The molecule has 1 atom stereocenters. The summed E-state index contributed by atoms with van der Waals surface area (Å²) >= 11 is 8.42. The van der Waals surface area contributed by atoms with E-state index in [0.29, 0.717) is 27.1 Å². The van der Waals surface area contributed by atoms with Crippen LogP contribution in [0.3, 0.4) is 0 Å². The van der Waals surface area contributed by atoms with E-state index in [4.69, 9.17) is 0 Å². The maximum Gasteiger partial charge on any atom is 0.193 e. The predicted molar refractivity (Wildman–Crippen MR) is 190 cm³/mol. The van der Waals surface area contributed by atoms with Crippen molar-refractivity contribution in [1.29, 1.82) is 0 Å². The molecule has 6 aromatic rings. The molecule has 45 heavy (non-hydrogen) atoms. The van der Waals surface area contributed by atoms with E-state index in [1.807, 2.05) is 109 Å². The maximum absolute atomic E-state index is 12.5. The van der Waals surface area contributed by atoms with Gasteiger partial charge in [-0.25, -0.2) is 4.21 Å². The fourth-order valence-electron chi connectivity index (χ4n) is 4.24. The van der Waals surface area contributed by atoms with E-state index < -0.39 is 10.8 Å². The van der Waals surface area contributed by atoms with E-state index >= 15 is 0 Å². The first-order valence-corrected chi connectivity index (χ1v) is 17.4. The van der Waals surface area contributed by atoms with Gasteiger partial charge in [0.1, 0.15) is 0 Å². The number of halogens is 2. The molecule has 0 aliphatic rings. The summed E-state index contributed by atoms with van der Waals surface area (Å²) in [5.74, 6) is -0.00157. The number of hydrogen-bond donors (Lipinski definition) is 0. The van der Waals surface area contributed by atoms with Crippen LogP contribution < -0.4 is 0 Å². The van der Waals surface area contributed by atoms with Crippen LogP contribution >= 0.6 is 43.6 Å². The Morgan fingerprint density at radius 3 is 1.20 bits per heavy atom. The van der Waals surface area contributed by atoms with Crippen LogP contribution in [0.1, 0.15) is 31.8 Å². The maximum atomic E-state index is 12.5. The van der Waals surface area contributed by atoms with Crippen molar-refractivity contribution >= 4 is 66.0 Å². The summed E-state index contributed by atoms with van der Waals surface area (Å²) in [7, 11) is -1.23. The van der Waals surface area contributed by atoms with Crippen molar-refractivity contribution in [3.05, 3.63) is 189 Å². The van der Waals surface area contributed by atoms with Gasteiger partial charge in [0.2, 0.25) is 0 Å². The Morgan fingerprint density at radius 2 is 0.756 bits per heavy atom. The van der Waals surface area contributed by atoms with E-state index in [0.717, 1.165) is 18.7 Å². The summed E-state index contributed by atoms with van der Waals surface area (Å²) in [6, 6.07) is 48.8. The molecular weight excluding hydrogens is 728 g/mol. The SMILES string of the molecule is O=C(c1ccc(Br)cc1)c1ccc(S(=O)c2ccccc2)cc1.O=C(c1ccc(Br)cc1)c1ccc(Sc2ccccc2)cc1. The molecule has 0 saturated heterocycles. The molecule has 0 aliphatic carbocycles. The smallest absolute Gasteiger partial charge is 0.193 e. The quantitative estimate of drug-likeness (QED) is 0.145. The molecule has 0 fully saturated rings. The summed E-state index contributed by atoms with van der Waals surface area (Å²) in [6.45, 7) is 0. The zero-order valence-corrected chi connectivity index (χ0v) is 28.6. The highest BCUT2D eigenvalue weighted by Gasteiger charge is 2.12. The zero-order valence-electron chi connectivity index (χ0n) is 23.8. The van der Waals surface area contributed by atoms with Crippen LogP contribution in [0.15, 0.2) is 186 Å². The van der Waals surface area contributed by atoms with Gasteiger partial charge in [-0.2, -0.15) is 0 Å². The minimum Gasteiger partial charge on any atom is -0.289 e. The van der Waals surface area contributed by atoms with E-state index in [9.17, 15) is 13.8 Å². The van der Waals surface area contributed by atoms with Crippen molar-refractivity contribution in [3.8, 4) is 0 Å². The molecule has 0 radical (unpaired) electrons. The molecule has 0 saturated carbocycles. The van der Waals surface area contributed by atoms with Crippen LogP contribution in [0.2, 0.25) is 0 Å². The van der Waals surface area contributed by atoms with Gasteiger partial charge in [-0.05, 0) is 121 Å². The summed E-state index contributed by atoms with van der Waals surface area (Å²) in [5.41, 5.74) is 2.62. The van der Waals surface area contributed by atoms with Gasteiger partial charge in [0.25, 0.3) is 0 Å². The summed E-state index contributed by atoms with van der Waals surface area (Å²) in [4.78, 5) is 28.6. The largest absolute Gasteiger partial charge is 0.289 e. The predicted octanol–water partition coefficient (Wildman–Crippen LogP) is 10.7. The van der Waals surface area contributed by atoms with Crippen molar-refractivity contribution in [2.75, 3.05) is 0 Å². The van der Waals surface area contributed by atoms with Crippen LogP contribution in [0.5, 0.6) is 0 Å².